The van der Waals surface area contributed by atoms with Crippen LogP contribution in [0.2, 0.25) is 0 Å². The van der Waals surface area contributed by atoms with Crippen molar-refractivity contribution < 1.29 is 4.55 Å². The van der Waals surface area contributed by atoms with Crippen LogP contribution in [0.3, 0.4) is 0 Å². The van der Waals surface area contributed by atoms with Gasteiger partial charge in [0.1, 0.15) is 4.75 Å². The molecule has 0 radical (unpaired) electrons. The largest absolute Gasteiger partial charge is 0.598 e. The second kappa shape index (κ2) is 5.60. The van der Waals surface area contributed by atoms with Gasteiger partial charge in [-0.05, 0) is 56.6 Å². The van der Waals surface area contributed by atoms with Gasteiger partial charge >= 0.3 is 0 Å². The van der Waals surface area contributed by atoms with Crippen LogP contribution >= 0.6 is 0 Å². The summed E-state index contributed by atoms with van der Waals surface area (Å²) >= 11 is -1.01. The fraction of sp³-hybridized carbons (Fsp3) is 0.667. The lowest BCUT2D eigenvalue weighted by molar-refractivity contribution is 0.152. The summed E-state index contributed by atoms with van der Waals surface area (Å²) in [5, 5.41) is 0. The molecule has 0 aliphatic heterocycles. The third-order valence-corrected chi connectivity index (χ3v) is 6.71. The molecule has 0 bridgehead atoms. The Morgan fingerprint density at radius 2 is 1.81 bits per heavy atom. The summed E-state index contributed by atoms with van der Waals surface area (Å²) in [7, 11) is 0. The van der Waals surface area contributed by atoms with Crippen molar-refractivity contribution in [3.8, 4) is 0 Å². The Morgan fingerprint density at radius 3 is 2.48 bits per heavy atom. The molecule has 1 unspecified atom stereocenters. The molecule has 116 valence electrons. The van der Waals surface area contributed by atoms with Crippen molar-refractivity contribution in [3.05, 3.63) is 35.4 Å². The Bertz CT molecular complexity index is 502. The molecular weight excluding hydrogens is 278 g/mol. The Morgan fingerprint density at radius 1 is 1.14 bits per heavy atom. The van der Waals surface area contributed by atoms with Crippen LogP contribution in [0.1, 0.15) is 70.0 Å². The Labute approximate surface area is 132 Å². The first-order valence-corrected chi connectivity index (χ1v) is 9.33. The van der Waals surface area contributed by atoms with E-state index in [1.165, 1.54) is 43.2 Å². The molecule has 1 aromatic carbocycles. The molecule has 1 N–H and O–H groups in total. The van der Waals surface area contributed by atoms with Crippen LogP contribution < -0.4 is 4.72 Å². The van der Waals surface area contributed by atoms with Crippen LogP contribution in [0.15, 0.2) is 24.3 Å². The van der Waals surface area contributed by atoms with Gasteiger partial charge in [0.15, 0.2) is 0 Å². The maximum Gasteiger partial charge on any atom is 0.136 e. The highest BCUT2D eigenvalue weighted by molar-refractivity contribution is 7.90. The summed E-state index contributed by atoms with van der Waals surface area (Å²) in [4.78, 5) is 0. The Balaban J connectivity index is 1.92. The third-order valence-electron chi connectivity index (χ3n) is 5.15. The van der Waals surface area contributed by atoms with Gasteiger partial charge in [0.25, 0.3) is 0 Å². The van der Waals surface area contributed by atoms with E-state index in [2.05, 4.69) is 29.0 Å². The van der Waals surface area contributed by atoms with E-state index in [4.69, 9.17) is 0 Å². The maximum absolute atomic E-state index is 12.7. The van der Waals surface area contributed by atoms with Crippen LogP contribution in [0, 0.1) is 5.41 Å². The number of hydrogen-bond donors (Lipinski definition) is 1. The van der Waals surface area contributed by atoms with Crippen LogP contribution in [0.4, 0.5) is 0 Å². The van der Waals surface area contributed by atoms with Gasteiger partial charge in [-0.25, -0.2) is 0 Å². The van der Waals surface area contributed by atoms with Gasteiger partial charge in [0, 0.05) is 11.4 Å². The number of fused-ring (bicyclic) bond motifs is 1. The topological polar surface area (TPSA) is 35.1 Å². The van der Waals surface area contributed by atoms with E-state index < -0.39 is 11.4 Å². The van der Waals surface area contributed by atoms with Crippen LogP contribution in [0.5, 0.6) is 0 Å². The van der Waals surface area contributed by atoms with E-state index in [1.807, 2.05) is 20.8 Å². The highest BCUT2D eigenvalue weighted by atomic mass is 32.2. The summed E-state index contributed by atoms with van der Waals surface area (Å²) in [6.07, 6.45) is 7.67. The average molecular weight is 305 g/mol. The van der Waals surface area contributed by atoms with E-state index in [-0.39, 0.29) is 10.8 Å². The van der Waals surface area contributed by atoms with Crippen molar-refractivity contribution in [2.24, 2.45) is 5.41 Å². The quantitative estimate of drug-likeness (QED) is 0.827. The molecule has 1 spiro atoms. The standard InChI is InChI=1S/C18H27NOS/c1-17(2,3)21(20)19-16-15-10-6-5-9-14(15)13-18(16)11-7-4-8-12-18/h5-6,9-10,16,19H,4,7-8,11-13H2,1-3H3/t16?,21-/m1/s1. The summed E-state index contributed by atoms with van der Waals surface area (Å²) in [6.45, 7) is 6.14. The van der Waals surface area contributed by atoms with Crippen LogP contribution in [0.25, 0.3) is 0 Å². The van der Waals surface area contributed by atoms with E-state index in [0.29, 0.717) is 5.41 Å². The van der Waals surface area contributed by atoms with Gasteiger partial charge < -0.3 is 4.55 Å². The molecule has 1 saturated carbocycles. The zero-order valence-electron chi connectivity index (χ0n) is 13.4. The van der Waals surface area contributed by atoms with Crippen molar-refractivity contribution in [2.45, 2.75) is 70.1 Å². The molecule has 1 aromatic rings. The number of nitrogens with one attached hydrogen (secondary N) is 1. The molecule has 2 aliphatic carbocycles. The van der Waals surface area contributed by atoms with Gasteiger partial charge in [-0.2, -0.15) is 0 Å². The summed E-state index contributed by atoms with van der Waals surface area (Å²) in [5.41, 5.74) is 3.14. The molecule has 3 rings (SSSR count). The summed E-state index contributed by atoms with van der Waals surface area (Å²) in [6, 6.07) is 9.01. The first-order chi connectivity index (χ1) is 9.92. The van der Waals surface area contributed by atoms with Gasteiger partial charge in [0.2, 0.25) is 0 Å². The highest BCUT2D eigenvalue weighted by Crippen LogP contribution is 2.54. The van der Waals surface area contributed by atoms with Gasteiger partial charge in [-0.1, -0.05) is 43.5 Å². The second-order valence-electron chi connectivity index (χ2n) is 7.73. The van der Waals surface area contributed by atoms with Gasteiger partial charge in [0.05, 0.1) is 6.04 Å². The summed E-state index contributed by atoms with van der Waals surface area (Å²) in [5.74, 6) is 0. The minimum Gasteiger partial charge on any atom is -0.598 e. The average Bonchev–Trinajstić information content (AvgIpc) is 2.72. The van der Waals surface area contributed by atoms with E-state index in [9.17, 15) is 4.55 Å². The van der Waals surface area contributed by atoms with Gasteiger partial charge in [-0.3, -0.25) is 0 Å². The van der Waals surface area contributed by atoms with Crippen molar-refractivity contribution >= 4 is 11.4 Å². The van der Waals surface area contributed by atoms with Crippen molar-refractivity contribution in [1.29, 1.82) is 0 Å². The molecule has 0 aromatic heterocycles. The molecule has 1 fully saturated rings. The van der Waals surface area contributed by atoms with E-state index in [0.717, 1.165) is 6.42 Å². The number of rotatable bonds is 2. The number of hydrogen-bond acceptors (Lipinski definition) is 2. The molecule has 2 nitrogen and oxygen atoms in total. The lowest BCUT2D eigenvalue weighted by atomic mass is 9.70. The molecule has 2 aliphatic rings. The second-order valence-corrected chi connectivity index (χ2v) is 9.73. The van der Waals surface area contributed by atoms with E-state index >= 15 is 0 Å². The zero-order chi connectivity index (χ0) is 15.1. The van der Waals surface area contributed by atoms with Gasteiger partial charge in [-0.15, -0.1) is 4.72 Å². The summed E-state index contributed by atoms with van der Waals surface area (Å²) < 4.78 is 15.9. The monoisotopic (exact) mass is 305 g/mol. The smallest absolute Gasteiger partial charge is 0.136 e. The molecular formula is C18H27NOS. The zero-order valence-corrected chi connectivity index (χ0v) is 14.3. The normalized spacial score (nSPS) is 25.8. The first kappa shape index (κ1) is 15.4. The highest BCUT2D eigenvalue weighted by Gasteiger charge is 2.49. The predicted octanol–water partition coefficient (Wildman–Crippen LogP) is 4.29. The van der Waals surface area contributed by atoms with Crippen molar-refractivity contribution in [3.63, 3.8) is 0 Å². The minimum absolute atomic E-state index is 0.215. The molecule has 21 heavy (non-hydrogen) atoms. The SMILES string of the molecule is CC(C)(C)[S@@+]([O-])NC1c2ccccc2CC12CCCCC2. The lowest BCUT2D eigenvalue weighted by Gasteiger charge is -2.40. The maximum atomic E-state index is 12.7. The lowest BCUT2D eigenvalue weighted by Crippen LogP contribution is -2.46. The Kier molecular flexibility index (Phi) is 4.10. The predicted molar refractivity (Wildman–Crippen MR) is 89.4 cm³/mol. The molecule has 0 saturated heterocycles. The molecule has 0 amide bonds. The third kappa shape index (κ3) is 2.88. The Hall–Kier alpha value is -0.510. The minimum atomic E-state index is -1.01. The number of benzene rings is 1. The molecule has 0 heterocycles. The van der Waals surface area contributed by atoms with E-state index in [1.54, 1.807) is 0 Å². The fourth-order valence-electron chi connectivity index (χ4n) is 3.98. The first-order valence-electron chi connectivity index (χ1n) is 8.18. The van der Waals surface area contributed by atoms with Crippen LogP contribution in [-0.2, 0) is 17.8 Å². The molecule has 3 heteroatoms. The van der Waals surface area contributed by atoms with Crippen LogP contribution in [-0.4, -0.2) is 9.30 Å². The van der Waals surface area contributed by atoms with Crippen molar-refractivity contribution in [2.75, 3.05) is 0 Å². The van der Waals surface area contributed by atoms with Crippen molar-refractivity contribution in [1.82, 2.24) is 4.72 Å². The molecule has 2 atom stereocenters. The fourth-order valence-corrected chi connectivity index (χ4v) is 4.93.